The lowest BCUT2D eigenvalue weighted by Crippen LogP contribution is -2.33. The van der Waals surface area contributed by atoms with Crippen molar-refractivity contribution in [3.05, 3.63) is 72.3 Å². The van der Waals surface area contributed by atoms with E-state index in [0.29, 0.717) is 6.42 Å². The fourth-order valence-corrected chi connectivity index (χ4v) is 3.98. The van der Waals surface area contributed by atoms with Crippen molar-refractivity contribution >= 4 is 22.8 Å². The predicted molar refractivity (Wildman–Crippen MR) is 108 cm³/mol. The van der Waals surface area contributed by atoms with Gasteiger partial charge >= 0.3 is 0 Å². The fourth-order valence-electron chi connectivity index (χ4n) is 3.98. The number of anilines is 1. The van der Waals surface area contributed by atoms with Gasteiger partial charge in [-0.1, -0.05) is 36.4 Å². The SMILES string of the molecule is Cn1cnc2c(-c3ccc4c(c3)C(C)(Cc3ccccc3)C(=O)N4)ncnc21. The molecule has 0 saturated carbocycles. The Morgan fingerprint density at radius 1 is 1.07 bits per heavy atom. The summed E-state index contributed by atoms with van der Waals surface area (Å²) >= 11 is 0. The Kier molecular flexibility index (Phi) is 3.55. The quantitative estimate of drug-likeness (QED) is 0.600. The molecule has 1 unspecified atom stereocenters. The van der Waals surface area contributed by atoms with Crippen LogP contribution in [0.25, 0.3) is 22.4 Å². The van der Waals surface area contributed by atoms with E-state index in [-0.39, 0.29) is 5.91 Å². The second-order valence-electron chi connectivity index (χ2n) is 7.46. The summed E-state index contributed by atoms with van der Waals surface area (Å²) in [6.07, 6.45) is 3.93. The Labute approximate surface area is 162 Å². The smallest absolute Gasteiger partial charge is 0.235 e. The van der Waals surface area contributed by atoms with Crippen LogP contribution in [-0.2, 0) is 23.7 Å². The maximum absolute atomic E-state index is 12.9. The highest BCUT2D eigenvalue weighted by Crippen LogP contribution is 2.42. The van der Waals surface area contributed by atoms with Crippen molar-refractivity contribution in [2.75, 3.05) is 5.32 Å². The van der Waals surface area contributed by atoms with E-state index < -0.39 is 5.41 Å². The van der Waals surface area contributed by atoms with E-state index in [4.69, 9.17) is 0 Å². The summed E-state index contributed by atoms with van der Waals surface area (Å²) in [7, 11) is 1.91. The number of imidazole rings is 1. The van der Waals surface area contributed by atoms with Crippen LogP contribution in [0.5, 0.6) is 0 Å². The molecule has 1 aliphatic rings. The van der Waals surface area contributed by atoms with E-state index in [2.05, 4.69) is 38.5 Å². The maximum Gasteiger partial charge on any atom is 0.235 e. The molecular weight excluding hydrogens is 350 g/mol. The van der Waals surface area contributed by atoms with Crippen LogP contribution >= 0.6 is 0 Å². The van der Waals surface area contributed by atoms with E-state index >= 15 is 0 Å². The minimum absolute atomic E-state index is 0.0224. The number of nitrogens with zero attached hydrogens (tertiary/aromatic N) is 4. The molecule has 1 aliphatic heterocycles. The summed E-state index contributed by atoms with van der Waals surface area (Å²) in [4.78, 5) is 26.1. The Morgan fingerprint density at radius 2 is 1.89 bits per heavy atom. The van der Waals surface area contributed by atoms with Crippen molar-refractivity contribution in [2.45, 2.75) is 18.8 Å². The van der Waals surface area contributed by atoms with Gasteiger partial charge in [0.1, 0.15) is 17.5 Å². The molecule has 1 N–H and O–H groups in total. The standard InChI is InChI=1S/C22H19N5O/c1-22(11-14-6-4-3-5-7-14)16-10-15(8-9-17(16)26-21(22)28)18-19-20(24-12-23-18)27(2)13-25-19/h3-10,12-13H,11H2,1-2H3,(H,26,28). The largest absolute Gasteiger partial charge is 0.325 e. The number of fused-ring (bicyclic) bond motifs is 2. The lowest BCUT2D eigenvalue weighted by molar-refractivity contribution is -0.120. The third-order valence-corrected chi connectivity index (χ3v) is 5.53. The summed E-state index contributed by atoms with van der Waals surface area (Å²) in [5, 5.41) is 3.04. The van der Waals surface area contributed by atoms with Crippen molar-refractivity contribution in [2.24, 2.45) is 7.05 Å². The molecule has 138 valence electrons. The second kappa shape index (κ2) is 5.99. The Bertz CT molecular complexity index is 1210. The molecule has 6 nitrogen and oxygen atoms in total. The number of amides is 1. The van der Waals surface area contributed by atoms with Crippen LogP contribution in [0.4, 0.5) is 5.69 Å². The molecule has 5 rings (SSSR count). The van der Waals surface area contributed by atoms with Gasteiger partial charge in [-0.15, -0.1) is 0 Å². The molecule has 0 spiro atoms. The number of benzene rings is 2. The Balaban J connectivity index is 1.64. The van der Waals surface area contributed by atoms with Crippen LogP contribution in [0.2, 0.25) is 0 Å². The number of hydrogen-bond acceptors (Lipinski definition) is 4. The number of nitrogens with one attached hydrogen (secondary N) is 1. The molecule has 2 aromatic carbocycles. The van der Waals surface area contributed by atoms with Crippen LogP contribution in [0.3, 0.4) is 0 Å². The molecule has 3 heterocycles. The first-order valence-electron chi connectivity index (χ1n) is 9.18. The van der Waals surface area contributed by atoms with E-state index in [9.17, 15) is 4.79 Å². The Morgan fingerprint density at radius 3 is 2.71 bits per heavy atom. The Hall–Kier alpha value is -3.54. The van der Waals surface area contributed by atoms with Gasteiger partial charge in [-0.25, -0.2) is 15.0 Å². The van der Waals surface area contributed by atoms with Crippen LogP contribution < -0.4 is 5.32 Å². The van der Waals surface area contributed by atoms with Crippen molar-refractivity contribution in [1.29, 1.82) is 0 Å². The van der Waals surface area contributed by atoms with Gasteiger partial charge in [0.2, 0.25) is 5.91 Å². The minimum atomic E-state index is -0.636. The van der Waals surface area contributed by atoms with E-state index in [0.717, 1.165) is 39.2 Å². The molecule has 1 atom stereocenters. The van der Waals surface area contributed by atoms with Gasteiger partial charge in [0, 0.05) is 18.3 Å². The van der Waals surface area contributed by atoms with Crippen LogP contribution in [0.15, 0.2) is 61.2 Å². The van der Waals surface area contributed by atoms with Gasteiger partial charge in [0.25, 0.3) is 0 Å². The zero-order valence-electron chi connectivity index (χ0n) is 15.7. The molecule has 0 fully saturated rings. The molecule has 0 radical (unpaired) electrons. The van der Waals surface area contributed by atoms with Crippen molar-refractivity contribution in [3.8, 4) is 11.3 Å². The monoisotopic (exact) mass is 369 g/mol. The highest BCUT2D eigenvalue weighted by atomic mass is 16.2. The first kappa shape index (κ1) is 16.6. The topological polar surface area (TPSA) is 72.7 Å². The second-order valence-corrected chi connectivity index (χ2v) is 7.46. The number of hydrogen-bond donors (Lipinski definition) is 1. The number of carbonyl (C=O) groups is 1. The lowest BCUT2D eigenvalue weighted by atomic mass is 9.78. The molecular formula is C22H19N5O. The van der Waals surface area contributed by atoms with E-state index in [1.165, 1.54) is 0 Å². The summed E-state index contributed by atoms with van der Waals surface area (Å²) in [6, 6.07) is 16.1. The van der Waals surface area contributed by atoms with Gasteiger partial charge in [-0.2, -0.15) is 0 Å². The van der Waals surface area contributed by atoms with Crippen LogP contribution in [-0.4, -0.2) is 25.4 Å². The molecule has 6 heteroatoms. The van der Waals surface area contributed by atoms with Gasteiger partial charge in [-0.05, 0) is 36.6 Å². The average molecular weight is 369 g/mol. The highest BCUT2D eigenvalue weighted by molar-refractivity contribution is 6.06. The van der Waals surface area contributed by atoms with Gasteiger partial charge in [-0.3, -0.25) is 4.79 Å². The molecule has 0 bridgehead atoms. The third-order valence-electron chi connectivity index (χ3n) is 5.53. The molecule has 2 aromatic heterocycles. The van der Waals surface area contributed by atoms with E-state index in [1.807, 2.05) is 48.9 Å². The number of rotatable bonds is 3. The zero-order valence-corrected chi connectivity index (χ0v) is 15.7. The van der Waals surface area contributed by atoms with Crippen LogP contribution in [0.1, 0.15) is 18.1 Å². The minimum Gasteiger partial charge on any atom is -0.325 e. The molecule has 0 aliphatic carbocycles. The van der Waals surface area contributed by atoms with Crippen LogP contribution in [0, 0.1) is 0 Å². The first-order chi connectivity index (χ1) is 13.6. The van der Waals surface area contributed by atoms with Crippen molar-refractivity contribution in [1.82, 2.24) is 19.5 Å². The lowest BCUT2D eigenvalue weighted by Gasteiger charge is -2.23. The normalized spacial score (nSPS) is 18.3. The fraction of sp³-hybridized carbons (Fsp3) is 0.182. The first-order valence-corrected chi connectivity index (χ1v) is 9.18. The predicted octanol–water partition coefficient (Wildman–Crippen LogP) is 3.48. The van der Waals surface area contributed by atoms with Crippen molar-refractivity contribution in [3.63, 3.8) is 0 Å². The van der Waals surface area contributed by atoms with Crippen molar-refractivity contribution < 1.29 is 4.79 Å². The summed E-state index contributed by atoms with van der Waals surface area (Å²) < 4.78 is 1.87. The maximum atomic E-state index is 12.9. The molecule has 1 amide bonds. The zero-order chi connectivity index (χ0) is 19.3. The van der Waals surface area contributed by atoms with Gasteiger partial charge in [0.05, 0.1) is 11.7 Å². The highest BCUT2D eigenvalue weighted by Gasteiger charge is 2.42. The average Bonchev–Trinajstić information content (AvgIpc) is 3.20. The summed E-state index contributed by atoms with van der Waals surface area (Å²) in [6.45, 7) is 2.00. The third kappa shape index (κ3) is 2.41. The number of aryl methyl sites for hydroxylation is 1. The molecule has 4 aromatic rings. The summed E-state index contributed by atoms with van der Waals surface area (Å²) in [5.41, 5.74) is 5.59. The number of aromatic nitrogens is 4. The summed E-state index contributed by atoms with van der Waals surface area (Å²) in [5.74, 6) is 0.0224. The number of carbonyl (C=O) groups excluding carboxylic acids is 1. The molecule has 28 heavy (non-hydrogen) atoms. The van der Waals surface area contributed by atoms with Gasteiger partial charge < -0.3 is 9.88 Å². The van der Waals surface area contributed by atoms with Gasteiger partial charge in [0.15, 0.2) is 5.65 Å². The van der Waals surface area contributed by atoms with E-state index in [1.54, 1.807) is 12.7 Å². The molecule has 0 saturated heterocycles.